The molecule has 0 fully saturated rings. The Bertz CT molecular complexity index is 819. The Morgan fingerprint density at radius 3 is 2.54 bits per heavy atom. The lowest BCUT2D eigenvalue weighted by molar-refractivity contribution is -0.400. The molecule has 0 spiro atoms. The molecule has 2 aromatic carbocycles. The molecular weight excluding hydrogens is 340 g/mol. The van der Waals surface area contributed by atoms with E-state index in [9.17, 15) is 14.9 Å². The fourth-order valence-electron chi connectivity index (χ4n) is 2.13. The van der Waals surface area contributed by atoms with Gasteiger partial charge in [-0.3, -0.25) is 14.9 Å². The normalized spacial score (nSPS) is 10.4. The molecule has 0 unspecified atom stereocenters. The van der Waals surface area contributed by atoms with Gasteiger partial charge in [0.05, 0.1) is 24.8 Å². The Kier molecular flexibility index (Phi) is 6.55. The van der Waals surface area contributed by atoms with Crippen LogP contribution in [0.2, 0.25) is 0 Å². The van der Waals surface area contributed by atoms with Crippen LogP contribution in [0.3, 0.4) is 0 Å². The van der Waals surface area contributed by atoms with Gasteiger partial charge in [0.15, 0.2) is 18.1 Å². The summed E-state index contributed by atoms with van der Waals surface area (Å²) in [4.78, 5) is 21.9. The van der Waals surface area contributed by atoms with Crippen LogP contribution < -0.4 is 19.5 Å². The molecule has 0 aliphatic carbocycles. The van der Waals surface area contributed by atoms with E-state index in [1.54, 1.807) is 42.5 Å². The number of rotatable bonds is 8. The molecule has 0 saturated carbocycles. The van der Waals surface area contributed by atoms with Gasteiger partial charge in [-0.2, -0.15) is 0 Å². The van der Waals surface area contributed by atoms with Crippen molar-refractivity contribution in [1.82, 2.24) is 0 Å². The Hall–Kier alpha value is -3.55. The molecule has 0 atom stereocenters. The number of carbonyl (C=O) groups is 1. The number of carbonyl (C=O) groups excluding carboxylic acids is 1. The average molecular weight is 358 g/mol. The largest absolute Gasteiger partial charge is 0.495 e. The van der Waals surface area contributed by atoms with E-state index < -0.39 is 4.92 Å². The fraction of sp³-hybridized carbons (Fsp3) is 0.167. The van der Waals surface area contributed by atoms with Crippen molar-refractivity contribution in [2.24, 2.45) is 0 Å². The second-order valence-corrected chi connectivity index (χ2v) is 5.05. The van der Waals surface area contributed by atoms with Crippen LogP contribution in [-0.2, 0) is 4.79 Å². The first-order valence-corrected chi connectivity index (χ1v) is 7.59. The molecule has 1 amide bonds. The lowest BCUT2D eigenvalue weighted by Gasteiger charge is -2.12. The minimum Gasteiger partial charge on any atom is -0.495 e. The zero-order valence-corrected chi connectivity index (χ0v) is 14.3. The number of methoxy groups -OCH3 is 2. The molecule has 0 aliphatic rings. The number of amides is 1. The Labute approximate surface area is 150 Å². The van der Waals surface area contributed by atoms with Gasteiger partial charge >= 0.3 is 0 Å². The summed E-state index contributed by atoms with van der Waals surface area (Å²) in [5, 5.41) is 13.1. The maximum atomic E-state index is 12.1. The Morgan fingerprint density at radius 2 is 1.85 bits per heavy atom. The summed E-state index contributed by atoms with van der Waals surface area (Å²) in [6, 6.07) is 11.8. The predicted molar refractivity (Wildman–Crippen MR) is 96.1 cm³/mol. The van der Waals surface area contributed by atoms with Gasteiger partial charge in [0.25, 0.3) is 5.91 Å². The van der Waals surface area contributed by atoms with E-state index in [1.165, 1.54) is 20.3 Å². The van der Waals surface area contributed by atoms with Crippen LogP contribution in [0.25, 0.3) is 6.08 Å². The molecular formula is C18H18N2O6. The summed E-state index contributed by atoms with van der Waals surface area (Å²) in [5.74, 6) is 0.885. The van der Waals surface area contributed by atoms with Gasteiger partial charge in [-0.25, -0.2) is 0 Å². The van der Waals surface area contributed by atoms with E-state index in [0.717, 1.165) is 6.20 Å². The molecule has 8 heteroatoms. The van der Waals surface area contributed by atoms with Crippen LogP contribution in [0, 0.1) is 10.1 Å². The molecule has 1 N–H and O–H groups in total. The third-order valence-corrected chi connectivity index (χ3v) is 3.32. The first-order chi connectivity index (χ1) is 12.5. The molecule has 0 heterocycles. The lowest BCUT2D eigenvalue weighted by atomic mass is 10.2. The third kappa shape index (κ3) is 5.23. The minimum absolute atomic E-state index is 0.238. The third-order valence-electron chi connectivity index (χ3n) is 3.32. The van der Waals surface area contributed by atoms with Gasteiger partial charge in [-0.05, 0) is 29.8 Å². The number of nitrogens with zero attached hydrogens (tertiary/aromatic N) is 1. The van der Waals surface area contributed by atoms with E-state index >= 15 is 0 Å². The van der Waals surface area contributed by atoms with Crippen molar-refractivity contribution < 1.29 is 23.9 Å². The van der Waals surface area contributed by atoms with Crippen LogP contribution in [0.5, 0.6) is 17.2 Å². The maximum Gasteiger partial charge on any atom is 0.262 e. The number of hydrogen-bond acceptors (Lipinski definition) is 6. The van der Waals surface area contributed by atoms with E-state index in [0.29, 0.717) is 28.5 Å². The van der Waals surface area contributed by atoms with E-state index in [4.69, 9.17) is 14.2 Å². The van der Waals surface area contributed by atoms with Crippen molar-refractivity contribution in [3.8, 4) is 17.2 Å². The highest BCUT2D eigenvalue weighted by Gasteiger charge is 2.10. The fourth-order valence-corrected chi connectivity index (χ4v) is 2.13. The van der Waals surface area contributed by atoms with Crippen molar-refractivity contribution in [2.45, 2.75) is 0 Å². The predicted octanol–water partition coefficient (Wildman–Crippen LogP) is 2.97. The zero-order chi connectivity index (χ0) is 18.9. The summed E-state index contributed by atoms with van der Waals surface area (Å²) in [7, 11) is 2.96. The standard InChI is InChI=1S/C18H18N2O6/c1-24-15-6-4-3-5-14(15)19-18(21)12-26-16-8-7-13(9-10-20(22)23)11-17(16)25-2/h3-11H,12H2,1-2H3,(H,19,21)/b10-9+. The molecule has 0 saturated heterocycles. The monoisotopic (exact) mass is 358 g/mol. The van der Waals surface area contributed by atoms with Gasteiger partial charge in [0, 0.05) is 6.08 Å². The molecule has 136 valence electrons. The zero-order valence-electron chi connectivity index (χ0n) is 14.3. The molecule has 2 aromatic rings. The van der Waals surface area contributed by atoms with Crippen molar-refractivity contribution in [3.63, 3.8) is 0 Å². The number of ether oxygens (including phenoxy) is 3. The van der Waals surface area contributed by atoms with Crippen LogP contribution in [0.4, 0.5) is 5.69 Å². The number of anilines is 1. The highest BCUT2D eigenvalue weighted by atomic mass is 16.6. The van der Waals surface area contributed by atoms with Gasteiger partial charge in [0.2, 0.25) is 6.20 Å². The summed E-state index contributed by atoms with van der Waals surface area (Å²) >= 11 is 0. The summed E-state index contributed by atoms with van der Waals surface area (Å²) < 4.78 is 15.8. The molecule has 2 rings (SSSR count). The van der Waals surface area contributed by atoms with E-state index in [-0.39, 0.29) is 12.5 Å². The summed E-state index contributed by atoms with van der Waals surface area (Å²) in [5.41, 5.74) is 1.11. The van der Waals surface area contributed by atoms with Gasteiger partial charge in [-0.1, -0.05) is 18.2 Å². The van der Waals surface area contributed by atoms with Crippen molar-refractivity contribution >= 4 is 17.7 Å². The van der Waals surface area contributed by atoms with Crippen molar-refractivity contribution in [1.29, 1.82) is 0 Å². The number of para-hydroxylation sites is 2. The van der Waals surface area contributed by atoms with Gasteiger partial charge in [-0.15, -0.1) is 0 Å². The second kappa shape index (κ2) is 9.07. The second-order valence-electron chi connectivity index (χ2n) is 5.05. The first-order valence-electron chi connectivity index (χ1n) is 7.59. The van der Waals surface area contributed by atoms with Crippen LogP contribution in [0.1, 0.15) is 5.56 Å². The molecule has 0 bridgehead atoms. The number of benzene rings is 2. The van der Waals surface area contributed by atoms with E-state index in [1.807, 2.05) is 0 Å². The number of hydrogen-bond donors (Lipinski definition) is 1. The molecule has 0 aromatic heterocycles. The van der Waals surface area contributed by atoms with Crippen molar-refractivity contribution in [3.05, 3.63) is 64.3 Å². The topological polar surface area (TPSA) is 99.9 Å². The maximum absolute atomic E-state index is 12.1. The van der Waals surface area contributed by atoms with Crippen LogP contribution in [-0.4, -0.2) is 31.7 Å². The number of nitrogens with one attached hydrogen (secondary N) is 1. The first kappa shape index (κ1) is 18.8. The number of nitro groups is 1. The summed E-state index contributed by atoms with van der Waals surface area (Å²) in [6.45, 7) is -0.238. The highest BCUT2D eigenvalue weighted by molar-refractivity contribution is 5.93. The quantitative estimate of drug-likeness (QED) is 0.575. The molecule has 0 aliphatic heterocycles. The minimum atomic E-state index is -0.556. The van der Waals surface area contributed by atoms with Crippen molar-refractivity contribution in [2.75, 3.05) is 26.1 Å². The summed E-state index contributed by atoms with van der Waals surface area (Å²) in [6.07, 6.45) is 2.16. The molecule has 26 heavy (non-hydrogen) atoms. The average Bonchev–Trinajstić information content (AvgIpc) is 2.65. The molecule has 0 radical (unpaired) electrons. The Morgan fingerprint density at radius 1 is 1.12 bits per heavy atom. The highest BCUT2D eigenvalue weighted by Crippen LogP contribution is 2.29. The SMILES string of the molecule is COc1ccccc1NC(=O)COc1ccc(/C=C/[N+](=O)[O-])cc1OC. The van der Waals surface area contributed by atoms with Crippen LogP contribution >= 0.6 is 0 Å². The van der Waals surface area contributed by atoms with Gasteiger partial charge < -0.3 is 19.5 Å². The van der Waals surface area contributed by atoms with Crippen LogP contribution in [0.15, 0.2) is 48.7 Å². The Balaban J connectivity index is 2.02. The smallest absolute Gasteiger partial charge is 0.262 e. The van der Waals surface area contributed by atoms with Gasteiger partial charge in [0.1, 0.15) is 5.75 Å². The molecule has 8 nitrogen and oxygen atoms in total. The lowest BCUT2D eigenvalue weighted by Crippen LogP contribution is -2.20. The van der Waals surface area contributed by atoms with E-state index in [2.05, 4.69) is 5.32 Å².